The average molecular weight is 335 g/mol. The Balaban J connectivity index is 1.43. The van der Waals surface area contributed by atoms with Crippen LogP contribution in [0.4, 0.5) is 0 Å². The average Bonchev–Trinajstić information content (AvgIpc) is 3.50. The molecule has 0 aliphatic heterocycles. The predicted molar refractivity (Wildman–Crippen MR) is 98.4 cm³/mol. The Kier molecular flexibility index (Phi) is 2.90. The largest absolute Gasteiger partial charge is 0.295 e. The number of carbonyl (C=O) groups is 1. The summed E-state index contributed by atoms with van der Waals surface area (Å²) in [6, 6.07) is 0. The van der Waals surface area contributed by atoms with Gasteiger partial charge < -0.3 is 0 Å². The summed E-state index contributed by atoms with van der Waals surface area (Å²) in [7, 11) is 0. The van der Waals surface area contributed by atoms with Gasteiger partial charge in [-0.05, 0) is 104 Å². The van der Waals surface area contributed by atoms with Crippen LogP contribution in [-0.4, -0.2) is 5.78 Å². The van der Waals surface area contributed by atoms with Crippen LogP contribution < -0.4 is 0 Å². The molecule has 6 aliphatic carbocycles. The van der Waals surface area contributed by atoms with Gasteiger partial charge in [-0.25, -0.2) is 0 Å². The van der Waals surface area contributed by atoms with E-state index < -0.39 is 0 Å². The van der Waals surface area contributed by atoms with Crippen molar-refractivity contribution in [1.82, 2.24) is 0 Å². The number of ketones is 1. The molecule has 132 valence electrons. The molecular formula is C24H30O. The molecule has 1 heteroatoms. The molecule has 0 amide bonds. The summed E-state index contributed by atoms with van der Waals surface area (Å²) in [6.45, 7) is 2.56. The number of allylic oxidation sites excluding steroid dienone is 1. The standard InChI is InChI=1S/C24H30O/c1-3-21-19-12-20(19)23-22-17(8-9-24(21,23)2)16-7-6-15(25)10-14(16)11-18(22)13-4-5-13/h1,10,13,16-23H,4-9,11-12H2,2H3/t16-,17?,18+,19-,20+,21-,22-,23?,24+/m0/s1. The van der Waals surface area contributed by atoms with Crippen LogP contribution in [0, 0.1) is 71.0 Å². The number of terminal acetylenes is 1. The van der Waals surface area contributed by atoms with E-state index in [1.807, 2.05) is 0 Å². The summed E-state index contributed by atoms with van der Waals surface area (Å²) in [6.07, 6.45) is 18.3. The second-order valence-corrected chi connectivity index (χ2v) is 10.6. The zero-order valence-corrected chi connectivity index (χ0v) is 15.4. The van der Waals surface area contributed by atoms with Crippen LogP contribution in [0.1, 0.15) is 58.3 Å². The molecule has 5 fully saturated rings. The number of hydrogen-bond donors (Lipinski definition) is 0. The summed E-state index contributed by atoms with van der Waals surface area (Å²) in [5.41, 5.74) is 1.97. The Morgan fingerprint density at radius 1 is 1.12 bits per heavy atom. The maximum Gasteiger partial charge on any atom is 0.155 e. The first kappa shape index (κ1) is 15.1. The zero-order valence-electron chi connectivity index (χ0n) is 15.4. The molecule has 0 heterocycles. The van der Waals surface area contributed by atoms with Crippen LogP contribution in [0.25, 0.3) is 0 Å². The highest BCUT2D eigenvalue weighted by Gasteiger charge is 2.70. The van der Waals surface area contributed by atoms with Crippen molar-refractivity contribution < 1.29 is 4.79 Å². The molecule has 0 saturated heterocycles. The Labute approximate surface area is 152 Å². The van der Waals surface area contributed by atoms with E-state index in [2.05, 4.69) is 18.9 Å². The van der Waals surface area contributed by atoms with E-state index >= 15 is 0 Å². The molecule has 2 unspecified atom stereocenters. The third-order valence-electron chi connectivity index (χ3n) is 9.59. The molecule has 0 aromatic carbocycles. The molecule has 0 aromatic heterocycles. The van der Waals surface area contributed by atoms with Crippen molar-refractivity contribution in [2.75, 3.05) is 0 Å². The van der Waals surface area contributed by atoms with Crippen molar-refractivity contribution in [2.45, 2.75) is 58.3 Å². The zero-order chi connectivity index (χ0) is 16.9. The Hall–Kier alpha value is -1.03. The highest BCUT2D eigenvalue weighted by molar-refractivity contribution is 5.91. The van der Waals surface area contributed by atoms with E-state index in [9.17, 15) is 4.79 Å². The van der Waals surface area contributed by atoms with Gasteiger partial charge in [0.15, 0.2) is 5.78 Å². The minimum atomic E-state index is 0.399. The molecule has 0 aromatic rings. The summed E-state index contributed by atoms with van der Waals surface area (Å²) >= 11 is 0. The second-order valence-electron chi connectivity index (χ2n) is 10.6. The first-order valence-corrected chi connectivity index (χ1v) is 10.8. The van der Waals surface area contributed by atoms with Gasteiger partial charge in [-0.1, -0.05) is 12.5 Å². The minimum absolute atomic E-state index is 0.399. The van der Waals surface area contributed by atoms with Crippen molar-refractivity contribution >= 4 is 5.78 Å². The predicted octanol–water partition coefficient (Wildman–Crippen LogP) is 4.87. The lowest BCUT2D eigenvalue weighted by atomic mass is 9.47. The molecule has 9 atom stereocenters. The van der Waals surface area contributed by atoms with E-state index in [0.717, 1.165) is 60.2 Å². The maximum absolute atomic E-state index is 12.0. The van der Waals surface area contributed by atoms with Gasteiger partial charge in [0.2, 0.25) is 0 Å². The minimum Gasteiger partial charge on any atom is -0.295 e. The Morgan fingerprint density at radius 2 is 1.96 bits per heavy atom. The molecule has 0 bridgehead atoms. The van der Waals surface area contributed by atoms with Gasteiger partial charge in [0.1, 0.15) is 0 Å². The summed E-state index contributed by atoms with van der Waals surface area (Å²) < 4.78 is 0. The van der Waals surface area contributed by atoms with Crippen molar-refractivity contribution in [3.63, 3.8) is 0 Å². The highest BCUT2D eigenvalue weighted by Crippen LogP contribution is 2.75. The normalized spacial score (nSPS) is 56.0. The molecule has 1 nitrogen and oxygen atoms in total. The van der Waals surface area contributed by atoms with E-state index in [4.69, 9.17) is 6.42 Å². The molecule has 0 spiro atoms. The van der Waals surface area contributed by atoms with Crippen LogP contribution >= 0.6 is 0 Å². The van der Waals surface area contributed by atoms with Crippen molar-refractivity contribution in [2.24, 2.45) is 58.7 Å². The fraction of sp³-hybridized carbons (Fsp3) is 0.792. The van der Waals surface area contributed by atoms with E-state index in [-0.39, 0.29) is 0 Å². The topological polar surface area (TPSA) is 17.1 Å². The number of rotatable bonds is 1. The summed E-state index contributed by atoms with van der Waals surface area (Å²) in [4.78, 5) is 12.0. The maximum atomic E-state index is 12.0. The monoisotopic (exact) mass is 334 g/mol. The van der Waals surface area contributed by atoms with Crippen molar-refractivity contribution in [1.29, 1.82) is 0 Å². The van der Waals surface area contributed by atoms with Crippen molar-refractivity contribution in [3.8, 4) is 12.3 Å². The number of hydrogen-bond acceptors (Lipinski definition) is 1. The Bertz CT molecular complexity index is 706. The van der Waals surface area contributed by atoms with Gasteiger partial charge in [-0.3, -0.25) is 4.79 Å². The van der Waals surface area contributed by atoms with Gasteiger partial charge in [0.25, 0.3) is 0 Å². The molecular weight excluding hydrogens is 304 g/mol. The smallest absolute Gasteiger partial charge is 0.155 e. The van der Waals surface area contributed by atoms with Crippen LogP contribution in [0.5, 0.6) is 0 Å². The number of fused-ring (bicyclic) bond motifs is 7. The van der Waals surface area contributed by atoms with Gasteiger partial charge in [-0.15, -0.1) is 12.3 Å². The number of carbonyl (C=O) groups excluding carboxylic acids is 1. The van der Waals surface area contributed by atoms with Crippen LogP contribution in [0.15, 0.2) is 11.6 Å². The van der Waals surface area contributed by atoms with Gasteiger partial charge in [0.05, 0.1) is 0 Å². The fourth-order valence-electron chi connectivity index (χ4n) is 8.55. The van der Waals surface area contributed by atoms with Gasteiger partial charge in [0, 0.05) is 12.3 Å². The van der Waals surface area contributed by atoms with E-state index in [1.165, 1.54) is 38.5 Å². The SMILES string of the molecule is C#C[C@H]1[C@H]2C[C@H]2C2[C@H]3C(CC[C@@]21C)[C@H]1CCC(=O)C=C1C[C@@H]3C1CC1. The lowest BCUT2D eigenvalue weighted by molar-refractivity contribution is -0.116. The van der Waals surface area contributed by atoms with Crippen LogP contribution in [0.2, 0.25) is 0 Å². The van der Waals surface area contributed by atoms with Crippen LogP contribution in [-0.2, 0) is 4.79 Å². The summed E-state index contributed by atoms with van der Waals surface area (Å²) in [5, 5.41) is 0. The Morgan fingerprint density at radius 3 is 2.72 bits per heavy atom. The summed E-state index contributed by atoms with van der Waals surface area (Å²) in [5.74, 6) is 11.2. The molecule has 6 aliphatic rings. The molecule has 25 heavy (non-hydrogen) atoms. The van der Waals surface area contributed by atoms with E-state index in [1.54, 1.807) is 5.57 Å². The molecule has 0 radical (unpaired) electrons. The van der Waals surface area contributed by atoms with Gasteiger partial charge in [-0.2, -0.15) is 0 Å². The third kappa shape index (κ3) is 1.90. The third-order valence-corrected chi connectivity index (χ3v) is 9.59. The van der Waals surface area contributed by atoms with Gasteiger partial charge >= 0.3 is 0 Å². The fourth-order valence-corrected chi connectivity index (χ4v) is 8.55. The molecule has 5 saturated carbocycles. The lowest BCUT2D eigenvalue weighted by Gasteiger charge is -2.57. The lowest BCUT2D eigenvalue weighted by Crippen LogP contribution is -2.51. The first-order valence-electron chi connectivity index (χ1n) is 10.8. The van der Waals surface area contributed by atoms with E-state index in [0.29, 0.717) is 17.1 Å². The van der Waals surface area contributed by atoms with Crippen LogP contribution in [0.3, 0.4) is 0 Å². The van der Waals surface area contributed by atoms with Crippen molar-refractivity contribution in [3.05, 3.63) is 11.6 Å². The quantitative estimate of drug-likeness (QED) is 0.625. The molecule has 0 N–H and O–H groups in total. The highest BCUT2D eigenvalue weighted by atomic mass is 16.1. The first-order chi connectivity index (χ1) is 12.1. The molecule has 6 rings (SSSR count). The second kappa shape index (κ2) is 4.82.